The number of amides is 3. The van der Waals surface area contributed by atoms with E-state index in [2.05, 4.69) is 10.6 Å². The van der Waals surface area contributed by atoms with Gasteiger partial charge in [-0.3, -0.25) is 4.79 Å². The molecule has 0 unspecified atom stereocenters. The molecule has 0 bridgehead atoms. The Bertz CT molecular complexity index is 590. The van der Waals surface area contributed by atoms with Crippen molar-refractivity contribution in [3.63, 3.8) is 0 Å². The summed E-state index contributed by atoms with van der Waals surface area (Å²) < 4.78 is 19.5. The van der Waals surface area contributed by atoms with Gasteiger partial charge in [-0.1, -0.05) is 0 Å². The highest BCUT2D eigenvalue weighted by Gasteiger charge is 2.38. The summed E-state index contributed by atoms with van der Waals surface area (Å²) in [5.74, 6) is -0.725. The molecule has 1 aromatic rings. The lowest BCUT2D eigenvalue weighted by molar-refractivity contribution is -0.120. The third kappa shape index (κ3) is 2.04. The van der Waals surface area contributed by atoms with E-state index < -0.39 is 23.8 Å². The van der Waals surface area contributed by atoms with Crippen LogP contribution < -0.4 is 21.1 Å². The second kappa shape index (κ2) is 4.66. The van der Waals surface area contributed by atoms with E-state index in [1.807, 2.05) is 0 Å². The normalized spacial score (nSPS) is 23.9. The molecule has 4 N–H and O–H groups in total. The van der Waals surface area contributed by atoms with E-state index in [9.17, 15) is 14.0 Å². The highest BCUT2D eigenvalue weighted by atomic mass is 19.1. The van der Waals surface area contributed by atoms with Crippen LogP contribution in [0.4, 0.5) is 9.18 Å². The lowest BCUT2D eigenvalue weighted by Crippen LogP contribution is -2.45. The molecule has 7 heteroatoms. The number of nitrogens with two attached hydrogens (primary N) is 1. The fourth-order valence-electron chi connectivity index (χ4n) is 2.73. The fourth-order valence-corrected chi connectivity index (χ4v) is 2.73. The lowest BCUT2D eigenvalue weighted by atomic mass is 9.91. The number of rotatable bonds is 2. The Balaban J connectivity index is 1.95. The Kier molecular flexibility index (Phi) is 2.96. The molecule has 0 aromatic heterocycles. The average Bonchev–Trinajstić information content (AvgIpc) is 2.96. The lowest BCUT2D eigenvalue weighted by Gasteiger charge is -2.18. The molecule has 2 heterocycles. The number of primary amides is 1. The van der Waals surface area contributed by atoms with Crippen LogP contribution in [-0.2, 0) is 11.2 Å². The maximum atomic E-state index is 14.2. The molecule has 106 valence electrons. The van der Waals surface area contributed by atoms with Crippen molar-refractivity contribution in [2.45, 2.75) is 18.4 Å². The maximum absolute atomic E-state index is 14.2. The minimum atomic E-state index is -0.845. The predicted octanol–water partition coefficient (Wildman–Crippen LogP) is 0.0109. The number of halogens is 1. The van der Waals surface area contributed by atoms with E-state index in [0.29, 0.717) is 24.3 Å². The number of ether oxygens (including phenoxy) is 1. The van der Waals surface area contributed by atoms with E-state index >= 15 is 0 Å². The van der Waals surface area contributed by atoms with E-state index in [1.54, 1.807) is 6.07 Å². The summed E-state index contributed by atoms with van der Waals surface area (Å²) in [6.45, 7) is 0.795. The predicted molar refractivity (Wildman–Crippen MR) is 67.9 cm³/mol. The van der Waals surface area contributed by atoms with Gasteiger partial charge >= 0.3 is 6.03 Å². The number of hydrogen-bond acceptors (Lipinski definition) is 3. The zero-order chi connectivity index (χ0) is 14.3. The Morgan fingerprint density at radius 2 is 2.30 bits per heavy atom. The van der Waals surface area contributed by atoms with Gasteiger partial charge in [-0.05, 0) is 17.2 Å². The third-order valence-corrected chi connectivity index (χ3v) is 3.69. The molecule has 0 saturated carbocycles. The van der Waals surface area contributed by atoms with Gasteiger partial charge in [0, 0.05) is 24.9 Å². The second-order valence-electron chi connectivity index (χ2n) is 4.92. The van der Waals surface area contributed by atoms with Crippen molar-refractivity contribution < 1.29 is 18.7 Å². The van der Waals surface area contributed by atoms with Crippen LogP contribution >= 0.6 is 0 Å². The van der Waals surface area contributed by atoms with Crippen molar-refractivity contribution in [3.8, 4) is 5.75 Å². The molecule has 3 rings (SSSR count). The molecule has 1 saturated heterocycles. The average molecular weight is 279 g/mol. The van der Waals surface area contributed by atoms with Gasteiger partial charge in [0.05, 0.1) is 6.61 Å². The summed E-state index contributed by atoms with van der Waals surface area (Å²) in [7, 11) is 0. The van der Waals surface area contributed by atoms with Crippen molar-refractivity contribution >= 4 is 11.9 Å². The Hall–Kier alpha value is -2.31. The number of fused-ring (bicyclic) bond motifs is 1. The SMILES string of the molecule is NC(=O)N[C@@H]1C(=O)NC[C@H]1c1cc2c(cc1F)OCC2. The third-order valence-electron chi connectivity index (χ3n) is 3.69. The molecule has 2 aliphatic rings. The van der Waals surface area contributed by atoms with Gasteiger partial charge < -0.3 is 21.1 Å². The zero-order valence-electron chi connectivity index (χ0n) is 10.6. The van der Waals surface area contributed by atoms with Gasteiger partial charge in [-0.25, -0.2) is 9.18 Å². The van der Waals surface area contributed by atoms with Crippen LogP contribution in [0, 0.1) is 5.82 Å². The Morgan fingerprint density at radius 1 is 1.50 bits per heavy atom. The number of nitrogens with one attached hydrogen (secondary N) is 2. The number of benzene rings is 1. The molecule has 0 radical (unpaired) electrons. The first-order chi connectivity index (χ1) is 9.56. The monoisotopic (exact) mass is 279 g/mol. The van der Waals surface area contributed by atoms with Crippen molar-refractivity contribution in [2.75, 3.05) is 13.2 Å². The Labute approximate surface area is 114 Å². The first-order valence-electron chi connectivity index (χ1n) is 6.35. The molecular weight excluding hydrogens is 265 g/mol. The molecule has 0 spiro atoms. The molecule has 0 aliphatic carbocycles. The minimum Gasteiger partial charge on any atom is -0.493 e. The molecule has 20 heavy (non-hydrogen) atoms. The number of carbonyl (C=O) groups excluding carboxylic acids is 2. The molecule has 2 aliphatic heterocycles. The topological polar surface area (TPSA) is 93.5 Å². The number of urea groups is 1. The molecular formula is C13H14FN3O3. The Morgan fingerprint density at radius 3 is 3.05 bits per heavy atom. The van der Waals surface area contributed by atoms with Crippen LogP contribution in [0.1, 0.15) is 17.0 Å². The van der Waals surface area contributed by atoms with E-state index in [-0.39, 0.29) is 12.5 Å². The van der Waals surface area contributed by atoms with Crippen molar-refractivity contribution in [2.24, 2.45) is 5.73 Å². The van der Waals surface area contributed by atoms with Crippen LogP contribution in [0.3, 0.4) is 0 Å². The smallest absolute Gasteiger partial charge is 0.312 e. The van der Waals surface area contributed by atoms with Gasteiger partial charge in [0.1, 0.15) is 17.6 Å². The minimum absolute atomic E-state index is 0.264. The van der Waals surface area contributed by atoms with Crippen molar-refractivity contribution in [1.82, 2.24) is 10.6 Å². The summed E-state index contributed by atoms with van der Waals surface area (Å²) >= 11 is 0. The highest BCUT2D eigenvalue weighted by Crippen LogP contribution is 2.33. The van der Waals surface area contributed by atoms with Gasteiger partial charge in [0.2, 0.25) is 5.91 Å². The van der Waals surface area contributed by atoms with E-state index in [1.165, 1.54) is 6.07 Å². The van der Waals surface area contributed by atoms with Crippen molar-refractivity contribution in [1.29, 1.82) is 0 Å². The van der Waals surface area contributed by atoms with Crippen LogP contribution in [0.2, 0.25) is 0 Å². The molecule has 6 nitrogen and oxygen atoms in total. The van der Waals surface area contributed by atoms with Gasteiger partial charge in [0.15, 0.2) is 0 Å². The standard InChI is InChI=1S/C13H14FN3O3/c14-9-4-10-6(1-2-20-10)3-7(9)8-5-16-12(18)11(8)17-13(15)19/h3-4,8,11H,1-2,5H2,(H,16,18)(H3,15,17,19)/t8-,11-/m0/s1. The summed E-state index contributed by atoms with van der Waals surface area (Å²) in [6.07, 6.45) is 0.713. The second-order valence-corrected chi connectivity index (χ2v) is 4.92. The van der Waals surface area contributed by atoms with Crippen LogP contribution in [0.15, 0.2) is 12.1 Å². The summed E-state index contributed by atoms with van der Waals surface area (Å²) in [5, 5.41) is 4.98. The van der Waals surface area contributed by atoms with Gasteiger partial charge in [-0.15, -0.1) is 0 Å². The van der Waals surface area contributed by atoms with Gasteiger partial charge in [0.25, 0.3) is 0 Å². The largest absolute Gasteiger partial charge is 0.493 e. The van der Waals surface area contributed by atoms with Crippen molar-refractivity contribution in [3.05, 3.63) is 29.1 Å². The molecule has 2 atom stereocenters. The number of hydrogen-bond donors (Lipinski definition) is 3. The maximum Gasteiger partial charge on any atom is 0.312 e. The fraction of sp³-hybridized carbons (Fsp3) is 0.385. The zero-order valence-corrected chi connectivity index (χ0v) is 10.6. The summed E-state index contributed by atoms with van der Waals surface area (Å²) in [5.41, 5.74) is 6.37. The quantitative estimate of drug-likeness (QED) is 0.712. The number of carbonyl (C=O) groups is 2. The summed E-state index contributed by atoms with van der Waals surface area (Å²) in [4.78, 5) is 22.7. The van der Waals surface area contributed by atoms with E-state index in [4.69, 9.17) is 10.5 Å². The molecule has 1 fully saturated rings. The first kappa shape index (κ1) is 12.7. The first-order valence-corrected chi connectivity index (χ1v) is 6.35. The molecule has 1 aromatic carbocycles. The van der Waals surface area contributed by atoms with E-state index in [0.717, 1.165) is 5.56 Å². The molecule has 3 amide bonds. The summed E-state index contributed by atoms with van der Waals surface area (Å²) in [6, 6.07) is 1.39. The highest BCUT2D eigenvalue weighted by molar-refractivity contribution is 5.89. The van der Waals surface area contributed by atoms with Crippen LogP contribution in [0.5, 0.6) is 5.75 Å². The van der Waals surface area contributed by atoms with Gasteiger partial charge in [-0.2, -0.15) is 0 Å². The van der Waals surface area contributed by atoms with Crippen LogP contribution in [-0.4, -0.2) is 31.1 Å². The van der Waals surface area contributed by atoms with Crippen LogP contribution in [0.25, 0.3) is 0 Å².